The first-order chi connectivity index (χ1) is 8.79. The van der Waals surface area contributed by atoms with E-state index in [4.69, 9.17) is 0 Å². The molecule has 0 fully saturated rings. The number of rotatable bonds is 6. The summed E-state index contributed by atoms with van der Waals surface area (Å²) in [6.07, 6.45) is 10.5. The number of benzene rings is 1. The Morgan fingerprint density at radius 2 is 1.94 bits per heavy atom. The first-order valence-electron chi connectivity index (χ1n) is 6.48. The minimum absolute atomic E-state index is 0.977. The van der Waals surface area contributed by atoms with E-state index in [9.17, 15) is 0 Å². The summed E-state index contributed by atoms with van der Waals surface area (Å²) >= 11 is 0. The Labute approximate surface area is 110 Å². The van der Waals surface area contributed by atoms with Crippen molar-refractivity contribution < 1.29 is 0 Å². The molecule has 1 aliphatic rings. The third-order valence-electron chi connectivity index (χ3n) is 3.26. The van der Waals surface area contributed by atoms with Crippen LogP contribution in [0, 0.1) is 0 Å². The predicted molar refractivity (Wildman–Crippen MR) is 79.5 cm³/mol. The lowest BCUT2D eigenvalue weighted by atomic mass is 9.96. The zero-order chi connectivity index (χ0) is 12.8. The summed E-state index contributed by atoms with van der Waals surface area (Å²) in [5.41, 5.74) is 5.58. The molecule has 0 spiro atoms. The summed E-state index contributed by atoms with van der Waals surface area (Å²) in [6, 6.07) is 10.6. The molecule has 0 saturated carbocycles. The van der Waals surface area contributed by atoms with Gasteiger partial charge in [-0.3, -0.25) is 0 Å². The third-order valence-corrected chi connectivity index (χ3v) is 3.26. The Bertz CT molecular complexity index is 486. The monoisotopic (exact) mass is 236 g/mol. The van der Waals surface area contributed by atoms with Crippen molar-refractivity contribution in [2.45, 2.75) is 25.7 Å². The van der Waals surface area contributed by atoms with Crippen LogP contribution in [-0.4, -0.2) is 0 Å². The van der Waals surface area contributed by atoms with E-state index in [1.54, 1.807) is 0 Å². The normalized spacial score (nSPS) is 14.0. The van der Waals surface area contributed by atoms with Gasteiger partial charge in [0.1, 0.15) is 0 Å². The van der Waals surface area contributed by atoms with Gasteiger partial charge in [0.15, 0.2) is 0 Å². The Hall–Kier alpha value is -1.82. The van der Waals surface area contributed by atoms with E-state index in [2.05, 4.69) is 55.6 Å². The maximum atomic E-state index is 4.22. The van der Waals surface area contributed by atoms with Crippen LogP contribution in [0.5, 0.6) is 0 Å². The van der Waals surface area contributed by atoms with E-state index >= 15 is 0 Å². The first kappa shape index (κ1) is 12.6. The molecule has 0 bridgehead atoms. The van der Waals surface area contributed by atoms with Gasteiger partial charge >= 0.3 is 0 Å². The van der Waals surface area contributed by atoms with Gasteiger partial charge in [0.2, 0.25) is 0 Å². The molecule has 18 heavy (non-hydrogen) atoms. The maximum absolute atomic E-state index is 4.22. The van der Waals surface area contributed by atoms with Gasteiger partial charge in [-0.15, -0.1) is 6.58 Å². The smallest absolute Gasteiger partial charge is 0.00666 e. The van der Waals surface area contributed by atoms with Gasteiger partial charge in [0.25, 0.3) is 0 Å². The molecule has 1 aromatic carbocycles. The van der Waals surface area contributed by atoms with E-state index in [1.807, 2.05) is 6.08 Å². The second-order valence-electron chi connectivity index (χ2n) is 4.82. The second kappa shape index (κ2) is 6.20. The summed E-state index contributed by atoms with van der Waals surface area (Å²) in [4.78, 5) is 0. The van der Waals surface area contributed by atoms with Gasteiger partial charge in [0.05, 0.1) is 0 Å². The average Bonchev–Trinajstić information content (AvgIpc) is 2.78. The molecule has 0 atom stereocenters. The molecule has 0 aliphatic heterocycles. The van der Waals surface area contributed by atoms with Crippen molar-refractivity contribution in [3.8, 4) is 0 Å². The van der Waals surface area contributed by atoms with Gasteiger partial charge in [-0.1, -0.05) is 66.3 Å². The third kappa shape index (κ3) is 3.33. The zero-order valence-corrected chi connectivity index (χ0v) is 10.9. The van der Waals surface area contributed by atoms with Crippen LogP contribution in [0.4, 0.5) is 0 Å². The standard InChI is InChI=1S/C18H20/c1-3-8-17-11-7-12-18(17)14-15(2)13-16-9-5-4-6-10-16/h3-7,9-11H,1-2,8,12-14H2. The lowest BCUT2D eigenvalue weighted by molar-refractivity contribution is 0.981. The van der Waals surface area contributed by atoms with Crippen LogP contribution in [0.3, 0.4) is 0 Å². The second-order valence-corrected chi connectivity index (χ2v) is 4.82. The molecule has 0 heteroatoms. The minimum atomic E-state index is 0.977. The van der Waals surface area contributed by atoms with Gasteiger partial charge in [-0.25, -0.2) is 0 Å². The summed E-state index contributed by atoms with van der Waals surface area (Å²) in [5.74, 6) is 0. The highest BCUT2D eigenvalue weighted by Crippen LogP contribution is 2.28. The average molecular weight is 236 g/mol. The predicted octanol–water partition coefficient (Wildman–Crippen LogP) is 5.01. The van der Waals surface area contributed by atoms with E-state index in [1.165, 1.54) is 22.3 Å². The van der Waals surface area contributed by atoms with Crippen LogP contribution < -0.4 is 0 Å². The Balaban J connectivity index is 1.96. The SMILES string of the molecule is C=CCC1=C(CC(=C)Cc2ccccc2)CC=C1. The topological polar surface area (TPSA) is 0 Å². The van der Waals surface area contributed by atoms with E-state index in [-0.39, 0.29) is 0 Å². The fourth-order valence-corrected chi connectivity index (χ4v) is 2.39. The molecule has 0 unspecified atom stereocenters. The molecule has 1 aliphatic carbocycles. The lowest BCUT2D eigenvalue weighted by Gasteiger charge is -2.09. The molecular formula is C18H20. The van der Waals surface area contributed by atoms with Gasteiger partial charge in [0, 0.05) is 0 Å². The maximum Gasteiger partial charge on any atom is -0.00666 e. The van der Waals surface area contributed by atoms with E-state index in [0.29, 0.717) is 0 Å². The van der Waals surface area contributed by atoms with Crippen LogP contribution >= 0.6 is 0 Å². The lowest BCUT2D eigenvalue weighted by Crippen LogP contribution is -1.93. The summed E-state index contributed by atoms with van der Waals surface area (Å²) < 4.78 is 0. The fourth-order valence-electron chi connectivity index (χ4n) is 2.39. The highest BCUT2D eigenvalue weighted by Gasteiger charge is 2.09. The van der Waals surface area contributed by atoms with Gasteiger partial charge < -0.3 is 0 Å². The largest absolute Gasteiger partial charge is 0.103 e. The first-order valence-corrected chi connectivity index (χ1v) is 6.48. The molecule has 0 nitrogen and oxygen atoms in total. The van der Waals surface area contributed by atoms with Crippen LogP contribution in [0.25, 0.3) is 0 Å². The van der Waals surface area contributed by atoms with Crippen molar-refractivity contribution in [2.75, 3.05) is 0 Å². The molecule has 0 radical (unpaired) electrons. The quantitative estimate of drug-likeness (QED) is 0.609. The summed E-state index contributed by atoms with van der Waals surface area (Å²) in [7, 11) is 0. The molecule has 2 rings (SSSR count). The fraction of sp³-hybridized carbons (Fsp3) is 0.222. The molecular weight excluding hydrogens is 216 g/mol. The molecule has 0 aromatic heterocycles. The highest BCUT2D eigenvalue weighted by atomic mass is 14.1. The number of hydrogen-bond acceptors (Lipinski definition) is 0. The van der Waals surface area contributed by atoms with Crippen molar-refractivity contribution in [3.63, 3.8) is 0 Å². The van der Waals surface area contributed by atoms with Crippen LogP contribution in [-0.2, 0) is 6.42 Å². The molecule has 1 aromatic rings. The number of hydrogen-bond donors (Lipinski definition) is 0. The molecule has 92 valence electrons. The van der Waals surface area contributed by atoms with Crippen molar-refractivity contribution in [2.24, 2.45) is 0 Å². The summed E-state index contributed by atoms with van der Waals surface area (Å²) in [6.45, 7) is 8.04. The van der Waals surface area contributed by atoms with Crippen LogP contribution in [0.2, 0.25) is 0 Å². The Morgan fingerprint density at radius 1 is 1.17 bits per heavy atom. The molecule has 0 saturated heterocycles. The van der Waals surface area contributed by atoms with Crippen molar-refractivity contribution in [1.82, 2.24) is 0 Å². The van der Waals surface area contributed by atoms with Crippen molar-refractivity contribution >= 4 is 0 Å². The minimum Gasteiger partial charge on any atom is -0.103 e. The van der Waals surface area contributed by atoms with Crippen LogP contribution in [0.15, 0.2) is 78.4 Å². The summed E-state index contributed by atoms with van der Waals surface area (Å²) in [5, 5.41) is 0. The van der Waals surface area contributed by atoms with Crippen LogP contribution in [0.1, 0.15) is 24.8 Å². The molecule has 0 amide bonds. The van der Waals surface area contributed by atoms with Crippen molar-refractivity contribution in [3.05, 3.63) is 84.0 Å². The molecule has 0 N–H and O–H groups in total. The zero-order valence-electron chi connectivity index (χ0n) is 10.9. The Kier molecular flexibility index (Phi) is 4.35. The Morgan fingerprint density at radius 3 is 2.67 bits per heavy atom. The van der Waals surface area contributed by atoms with Crippen molar-refractivity contribution in [1.29, 1.82) is 0 Å². The van der Waals surface area contributed by atoms with E-state index in [0.717, 1.165) is 25.7 Å². The van der Waals surface area contributed by atoms with Gasteiger partial charge in [-0.2, -0.15) is 0 Å². The highest BCUT2D eigenvalue weighted by molar-refractivity contribution is 5.38. The number of allylic oxidation sites excluding steroid dienone is 6. The molecule has 0 heterocycles. The van der Waals surface area contributed by atoms with E-state index < -0.39 is 0 Å². The van der Waals surface area contributed by atoms with Gasteiger partial charge in [-0.05, 0) is 36.8 Å².